The van der Waals surface area contributed by atoms with Crippen molar-refractivity contribution in [3.63, 3.8) is 0 Å². The van der Waals surface area contributed by atoms with Crippen LogP contribution in [0.4, 0.5) is 0 Å². The quantitative estimate of drug-likeness (QED) is 0.845. The van der Waals surface area contributed by atoms with Crippen molar-refractivity contribution in [2.45, 2.75) is 51.5 Å². The number of aryl methyl sites for hydroxylation is 1. The van der Waals surface area contributed by atoms with Crippen LogP contribution in [0.25, 0.3) is 0 Å². The Labute approximate surface area is 159 Å². The Morgan fingerprint density at radius 1 is 1.38 bits per heavy atom. The number of nitrogens with zero attached hydrogens (tertiary/aromatic N) is 1. The minimum atomic E-state index is 0.0608. The van der Waals surface area contributed by atoms with Crippen molar-refractivity contribution < 1.29 is 9.21 Å². The second-order valence-electron chi connectivity index (χ2n) is 7.74. The van der Waals surface area contributed by atoms with E-state index in [-0.39, 0.29) is 11.9 Å². The Kier molecular flexibility index (Phi) is 5.46. The molecule has 0 aromatic carbocycles. The topological polar surface area (TPSA) is 45.5 Å². The summed E-state index contributed by atoms with van der Waals surface area (Å²) < 4.78 is 5.67. The second-order valence-corrected chi connectivity index (χ2v) is 8.88. The van der Waals surface area contributed by atoms with Gasteiger partial charge < -0.3 is 9.73 Å². The predicted octanol–water partition coefficient (Wildman–Crippen LogP) is 4.42. The number of rotatable bonds is 5. The summed E-state index contributed by atoms with van der Waals surface area (Å²) in [5, 5.41) is 3.17. The van der Waals surface area contributed by atoms with Crippen LogP contribution in [0.1, 0.15) is 64.5 Å². The van der Waals surface area contributed by atoms with Crippen LogP contribution in [-0.4, -0.2) is 30.4 Å². The fourth-order valence-corrected chi connectivity index (χ4v) is 5.34. The van der Waals surface area contributed by atoms with E-state index in [1.165, 1.54) is 36.1 Å². The fraction of sp³-hybridized carbons (Fsp3) is 0.571. The summed E-state index contributed by atoms with van der Waals surface area (Å²) in [6, 6.07) is 6.21. The highest BCUT2D eigenvalue weighted by Gasteiger charge is 2.26. The third-order valence-electron chi connectivity index (χ3n) is 5.71. The van der Waals surface area contributed by atoms with Crippen molar-refractivity contribution in [1.29, 1.82) is 0 Å². The number of likely N-dealkylation sites (tertiary alicyclic amines) is 1. The lowest BCUT2D eigenvalue weighted by atomic mass is 9.90. The van der Waals surface area contributed by atoms with Crippen molar-refractivity contribution in [2.75, 3.05) is 19.6 Å². The van der Waals surface area contributed by atoms with Gasteiger partial charge in [-0.15, -0.1) is 11.3 Å². The molecule has 26 heavy (non-hydrogen) atoms. The van der Waals surface area contributed by atoms with E-state index in [1.54, 1.807) is 17.6 Å². The lowest BCUT2D eigenvalue weighted by molar-refractivity contribution is 0.0918. The summed E-state index contributed by atoms with van der Waals surface area (Å²) in [6.07, 6.45) is 8.95. The highest BCUT2D eigenvalue weighted by atomic mass is 32.1. The van der Waals surface area contributed by atoms with Gasteiger partial charge in [-0.1, -0.05) is 13.3 Å². The van der Waals surface area contributed by atoms with Crippen LogP contribution in [0.2, 0.25) is 0 Å². The Morgan fingerprint density at radius 3 is 3.00 bits per heavy atom. The van der Waals surface area contributed by atoms with Gasteiger partial charge in [-0.3, -0.25) is 9.69 Å². The van der Waals surface area contributed by atoms with E-state index in [9.17, 15) is 4.79 Å². The first kappa shape index (κ1) is 17.8. The maximum atomic E-state index is 12.8. The predicted molar refractivity (Wildman–Crippen MR) is 105 cm³/mol. The van der Waals surface area contributed by atoms with Gasteiger partial charge in [0.2, 0.25) is 0 Å². The van der Waals surface area contributed by atoms with E-state index in [1.807, 2.05) is 12.1 Å². The first-order chi connectivity index (χ1) is 12.7. The Bertz CT molecular complexity index is 731. The normalized spacial score (nSPS) is 22.0. The smallest absolute Gasteiger partial charge is 0.261 e. The molecule has 2 aliphatic rings. The van der Waals surface area contributed by atoms with Crippen molar-refractivity contribution in [3.8, 4) is 0 Å². The number of fused-ring (bicyclic) bond motifs is 1. The number of amides is 1. The summed E-state index contributed by atoms with van der Waals surface area (Å²) in [7, 11) is 0. The van der Waals surface area contributed by atoms with E-state index in [4.69, 9.17) is 4.42 Å². The van der Waals surface area contributed by atoms with Gasteiger partial charge in [0.05, 0.1) is 17.2 Å². The van der Waals surface area contributed by atoms with E-state index < -0.39 is 0 Å². The van der Waals surface area contributed by atoms with Gasteiger partial charge in [0, 0.05) is 11.4 Å². The number of hydrogen-bond acceptors (Lipinski definition) is 4. The van der Waals surface area contributed by atoms with E-state index in [0.717, 1.165) is 42.5 Å². The molecule has 1 aliphatic carbocycles. The average molecular weight is 373 g/mol. The Hall–Kier alpha value is -1.59. The molecule has 4 nitrogen and oxygen atoms in total. The van der Waals surface area contributed by atoms with E-state index in [0.29, 0.717) is 6.54 Å². The molecule has 5 heteroatoms. The maximum absolute atomic E-state index is 12.8. The third-order valence-corrected chi connectivity index (χ3v) is 6.95. The molecule has 1 fully saturated rings. The first-order valence-corrected chi connectivity index (χ1v) is 10.7. The molecule has 1 aliphatic heterocycles. The summed E-state index contributed by atoms with van der Waals surface area (Å²) in [4.78, 5) is 17.5. The lowest BCUT2D eigenvalue weighted by Crippen LogP contribution is -2.40. The Morgan fingerprint density at radius 2 is 2.23 bits per heavy atom. The lowest BCUT2D eigenvalue weighted by Gasteiger charge is -2.33. The molecule has 0 saturated carbocycles. The van der Waals surface area contributed by atoms with E-state index in [2.05, 4.69) is 23.2 Å². The summed E-state index contributed by atoms with van der Waals surface area (Å²) in [6.45, 7) is 5.05. The van der Waals surface area contributed by atoms with Crippen LogP contribution < -0.4 is 5.32 Å². The van der Waals surface area contributed by atoms with Gasteiger partial charge in [-0.25, -0.2) is 0 Å². The number of nitrogens with one attached hydrogen (secondary N) is 1. The molecule has 140 valence electrons. The zero-order valence-electron chi connectivity index (χ0n) is 15.5. The van der Waals surface area contributed by atoms with Gasteiger partial charge in [0.25, 0.3) is 5.91 Å². The first-order valence-electron chi connectivity index (χ1n) is 9.88. The van der Waals surface area contributed by atoms with Crippen LogP contribution >= 0.6 is 11.3 Å². The standard InChI is InChI=1S/C21H28N2O2S/c1-15-7-8-19-16(12-15)13-20(26-19)21(24)22-14-17(18-6-5-11-25-18)23-9-3-2-4-10-23/h5-6,11,13,15,17H,2-4,7-10,12,14H2,1H3,(H,22,24)/t15-,17+/m1/s1. The number of furan rings is 1. The average Bonchev–Trinajstić information content (AvgIpc) is 3.32. The Balaban J connectivity index is 1.43. The number of carbonyl (C=O) groups excluding carboxylic acids is 1. The molecule has 2 atom stereocenters. The molecule has 1 amide bonds. The molecule has 1 N–H and O–H groups in total. The molecule has 0 bridgehead atoms. The van der Waals surface area contributed by atoms with Gasteiger partial charge in [-0.05, 0) is 74.9 Å². The van der Waals surface area contributed by atoms with Crippen LogP contribution in [0.3, 0.4) is 0 Å². The highest BCUT2D eigenvalue weighted by molar-refractivity contribution is 7.14. The molecule has 4 rings (SSSR count). The van der Waals surface area contributed by atoms with Gasteiger partial charge in [0.1, 0.15) is 5.76 Å². The zero-order chi connectivity index (χ0) is 17.9. The molecule has 0 radical (unpaired) electrons. The van der Waals surface area contributed by atoms with Crippen molar-refractivity contribution >= 4 is 17.2 Å². The second kappa shape index (κ2) is 7.97. The van der Waals surface area contributed by atoms with Crippen molar-refractivity contribution in [3.05, 3.63) is 45.5 Å². The molecule has 0 unspecified atom stereocenters. The molecule has 1 saturated heterocycles. The zero-order valence-corrected chi connectivity index (χ0v) is 16.3. The number of piperidine rings is 1. The molecular weight excluding hydrogens is 344 g/mol. The minimum Gasteiger partial charge on any atom is -0.468 e. The monoisotopic (exact) mass is 372 g/mol. The summed E-state index contributed by atoms with van der Waals surface area (Å²) >= 11 is 1.68. The summed E-state index contributed by atoms with van der Waals surface area (Å²) in [5.41, 5.74) is 1.39. The number of thiophene rings is 1. The molecule has 3 heterocycles. The SMILES string of the molecule is C[C@@H]1CCc2sc(C(=O)NC[C@@H](c3ccco3)N3CCCCC3)cc2C1. The van der Waals surface area contributed by atoms with Gasteiger partial charge in [0.15, 0.2) is 0 Å². The van der Waals surface area contributed by atoms with Gasteiger partial charge in [-0.2, -0.15) is 0 Å². The minimum absolute atomic E-state index is 0.0608. The van der Waals surface area contributed by atoms with Crippen LogP contribution in [0.15, 0.2) is 28.9 Å². The van der Waals surface area contributed by atoms with E-state index >= 15 is 0 Å². The molecule has 2 aromatic heterocycles. The van der Waals surface area contributed by atoms with Crippen molar-refractivity contribution in [2.24, 2.45) is 5.92 Å². The van der Waals surface area contributed by atoms with Gasteiger partial charge >= 0.3 is 0 Å². The third kappa shape index (κ3) is 3.89. The van der Waals surface area contributed by atoms with Crippen LogP contribution in [0, 0.1) is 5.92 Å². The largest absolute Gasteiger partial charge is 0.468 e. The highest BCUT2D eigenvalue weighted by Crippen LogP contribution is 2.32. The molecule has 0 spiro atoms. The number of hydrogen-bond donors (Lipinski definition) is 1. The molecular formula is C21H28N2O2S. The fourth-order valence-electron chi connectivity index (χ4n) is 4.21. The van der Waals surface area contributed by atoms with Crippen LogP contribution in [0.5, 0.6) is 0 Å². The molecule has 2 aromatic rings. The van der Waals surface area contributed by atoms with Crippen molar-refractivity contribution in [1.82, 2.24) is 10.2 Å². The summed E-state index contributed by atoms with van der Waals surface area (Å²) in [5.74, 6) is 1.74. The van der Waals surface area contributed by atoms with Crippen LogP contribution in [-0.2, 0) is 12.8 Å². The maximum Gasteiger partial charge on any atom is 0.261 e. The number of carbonyl (C=O) groups is 1.